The molecular formula is C20H21NO3. The first-order chi connectivity index (χ1) is 11.4. The van der Waals surface area contributed by atoms with Gasteiger partial charge in [0.15, 0.2) is 11.9 Å². The smallest absolute Gasteiger partial charge is 0.198 e. The van der Waals surface area contributed by atoms with Gasteiger partial charge in [-0.3, -0.25) is 4.79 Å². The summed E-state index contributed by atoms with van der Waals surface area (Å²) in [6, 6.07) is 14.1. The van der Waals surface area contributed by atoms with E-state index >= 15 is 0 Å². The molecule has 0 aromatic heterocycles. The standard InChI is InChI=1S/C20H21NO3/c1-20(2,3)21-12-15-18(23)14-9-5-7-11-17(14)24-19(15)13-8-4-6-10-16(13)22/h4-12,19,21-22H,1-3H3/b15-12+. The number of hydrogen-bond donors (Lipinski definition) is 2. The molecule has 0 saturated heterocycles. The highest BCUT2D eigenvalue weighted by molar-refractivity contribution is 6.12. The highest BCUT2D eigenvalue weighted by Crippen LogP contribution is 2.40. The van der Waals surface area contributed by atoms with Crippen molar-refractivity contribution in [1.29, 1.82) is 0 Å². The van der Waals surface area contributed by atoms with Crippen molar-refractivity contribution in [1.82, 2.24) is 5.32 Å². The number of carbonyl (C=O) groups excluding carboxylic acids is 1. The lowest BCUT2D eigenvalue weighted by atomic mass is 9.91. The number of hydrogen-bond acceptors (Lipinski definition) is 4. The minimum Gasteiger partial charge on any atom is -0.508 e. The Morgan fingerprint density at radius 1 is 1.08 bits per heavy atom. The Morgan fingerprint density at radius 3 is 2.46 bits per heavy atom. The Bertz CT molecular complexity index is 803. The highest BCUT2D eigenvalue weighted by Gasteiger charge is 2.34. The summed E-state index contributed by atoms with van der Waals surface area (Å²) in [5, 5.41) is 13.4. The van der Waals surface area contributed by atoms with Crippen LogP contribution < -0.4 is 10.1 Å². The van der Waals surface area contributed by atoms with Gasteiger partial charge < -0.3 is 15.2 Å². The lowest BCUT2D eigenvalue weighted by Gasteiger charge is -2.29. The van der Waals surface area contributed by atoms with Crippen molar-refractivity contribution < 1.29 is 14.6 Å². The van der Waals surface area contributed by atoms with Gasteiger partial charge in [0.2, 0.25) is 0 Å². The van der Waals surface area contributed by atoms with Crippen LogP contribution in [0.15, 0.2) is 60.3 Å². The molecule has 4 nitrogen and oxygen atoms in total. The Kier molecular flexibility index (Phi) is 4.06. The van der Waals surface area contributed by atoms with Crippen LogP contribution in [0.25, 0.3) is 0 Å². The van der Waals surface area contributed by atoms with E-state index in [0.29, 0.717) is 22.4 Å². The maximum absolute atomic E-state index is 13.0. The largest absolute Gasteiger partial charge is 0.508 e. The van der Waals surface area contributed by atoms with Crippen molar-refractivity contribution >= 4 is 5.78 Å². The fourth-order valence-corrected chi connectivity index (χ4v) is 2.60. The van der Waals surface area contributed by atoms with Gasteiger partial charge in [-0.05, 0) is 39.0 Å². The third-order valence-corrected chi connectivity index (χ3v) is 3.80. The lowest BCUT2D eigenvalue weighted by Crippen LogP contribution is -2.34. The summed E-state index contributed by atoms with van der Waals surface area (Å²) in [7, 11) is 0. The molecule has 1 unspecified atom stereocenters. The van der Waals surface area contributed by atoms with E-state index in [1.54, 1.807) is 36.5 Å². The third-order valence-electron chi connectivity index (χ3n) is 3.80. The predicted octanol–water partition coefficient (Wildman–Crippen LogP) is 3.98. The average Bonchev–Trinajstić information content (AvgIpc) is 2.53. The second kappa shape index (κ2) is 6.04. The third kappa shape index (κ3) is 3.13. The number of benzene rings is 2. The number of Topliss-reactive ketones (excluding diaryl/α,β-unsaturated/α-hetero) is 1. The van der Waals surface area contributed by atoms with Crippen molar-refractivity contribution in [2.24, 2.45) is 0 Å². The van der Waals surface area contributed by atoms with Crippen LogP contribution in [0.2, 0.25) is 0 Å². The molecule has 1 atom stereocenters. The van der Waals surface area contributed by atoms with E-state index in [4.69, 9.17) is 4.74 Å². The van der Waals surface area contributed by atoms with E-state index in [1.165, 1.54) is 0 Å². The number of fused-ring (bicyclic) bond motifs is 1. The quantitative estimate of drug-likeness (QED) is 0.821. The molecule has 2 aromatic rings. The van der Waals surface area contributed by atoms with Gasteiger partial charge in [0, 0.05) is 17.3 Å². The Hall–Kier alpha value is -2.75. The van der Waals surface area contributed by atoms with Crippen LogP contribution in [-0.2, 0) is 0 Å². The number of phenols is 1. The molecule has 0 fully saturated rings. The van der Waals surface area contributed by atoms with Crippen LogP contribution in [0.1, 0.15) is 42.8 Å². The second-order valence-electron chi connectivity index (χ2n) is 6.88. The monoisotopic (exact) mass is 323 g/mol. The van der Waals surface area contributed by atoms with Gasteiger partial charge in [-0.1, -0.05) is 30.3 Å². The van der Waals surface area contributed by atoms with E-state index < -0.39 is 6.10 Å². The summed E-state index contributed by atoms with van der Waals surface area (Å²) >= 11 is 0. The zero-order chi connectivity index (χ0) is 17.3. The zero-order valence-corrected chi connectivity index (χ0v) is 14.0. The topological polar surface area (TPSA) is 58.6 Å². The van der Waals surface area contributed by atoms with E-state index in [0.717, 1.165) is 0 Å². The van der Waals surface area contributed by atoms with Crippen LogP contribution in [-0.4, -0.2) is 16.4 Å². The summed E-state index contributed by atoms with van der Waals surface area (Å²) in [6.45, 7) is 6.05. The molecule has 1 aliphatic rings. The number of carbonyl (C=O) groups is 1. The predicted molar refractivity (Wildman–Crippen MR) is 93.2 cm³/mol. The van der Waals surface area contributed by atoms with Gasteiger partial charge in [-0.15, -0.1) is 0 Å². The van der Waals surface area contributed by atoms with Gasteiger partial charge in [-0.25, -0.2) is 0 Å². The molecule has 1 aliphatic heterocycles. The SMILES string of the molecule is CC(C)(C)N/C=C1\C(=O)c2ccccc2OC1c1ccccc1O. The van der Waals surface area contributed by atoms with Crippen LogP contribution in [0, 0.1) is 0 Å². The number of para-hydroxylation sites is 2. The van der Waals surface area contributed by atoms with E-state index in [2.05, 4.69) is 5.32 Å². The number of aromatic hydroxyl groups is 1. The maximum atomic E-state index is 13.0. The van der Waals surface area contributed by atoms with Crippen molar-refractivity contribution in [2.45, 2.75) is 32.4 Å². The molecule has 0 saturated carbocycles. The van der Waals surface area contributed by atoms with Crippen molar-refractivity contribution in [2.75, 3.05) is 0 Å². The average molecular weight is 323 g/mol. The molecule has 0 spiro atoms. The summed E-state index contributed by atoms with van der Waals surface area (Å²) in [5.41, 5.74) is 1.40. The molecule has 3 rings (SSSR count). The molecule has 124 valence electrons. The first-order valence-corrected chi connectivity index (χ1v) is 7.93. The van der Waals surface area contributed by atoms with Gasteiger partial charge in [0.1, 0.15) is 11.5 Å². The summed E-state index contributed by atoms with van der Waals surface area (Å²) in [4.78, 5) is 13.0. The fourth-order valence-electron chi connectivity index (χ4n) is 2.60. The Morgan fingerprint density at radius 2 is 1.75 bits per heavy atom. The van der Waals surface area contributed by atoms with Crippen molar-refractivity contribution in [3.05, 3.63) is 71.4 Å². The van der Waals surface area contributed by atoms with Crippen LogP contribution in [0.3, 0.4) is 0 Å². The number of ether oxygens (including phenoxy) is 1. The summed E-state index contributed by atoms with van der Waals surface area (Å²) < 4.78 is 6.06. The van der Waals surface area contributed by atoms with Crippen molar-refractivity contribution in [3.8, 4) is 11.5 Å². The first-order valence-electron chi connectivity index (χ1n) is 7.93. The molecule has 0 aliphatic carbocycles. The van der Waals surface area contributed by atoms with Gasteiger partial charge in [-0.2, -0.15) is 0 Å². The second-order valence-corrected chi connectivity index (χ2v) is 6.88. The molecule has 2 aromatic carbocycles. The molecule has 4 heteroatoms. The normalized spacial score (nSPS) is 18.9. The van der Waals surface area contributed by atoms with Gasteiger partial charge in [0.05, 0.1) is 11.1 Å². The zero-order valence-electron chi connectivity index (χ0n) is 14.0. The van der Waals surface area contributed by atoms with Gasteiger partial charge >= 0.3 is 0 Å². The maximum Gasteiger partial charge on any atom is 0.198 e. The minimum atomic E-state index is -0.650. The Labute approximate surface area is 141 Å². The molecule has 0 amide bonds. The lowest BCUT2D eigenvalue weighted by molar-refractivity contribution is 0.0958. The van der Waals surface area contributed by atoms with Crippen LogP contribution in [0.5, 0.6) is 11.5 Å². The molecular weight excluding hydrogens is 302 g/mol. The van der Waals surface area contributed by atoms with Crippen molar-refractivity contribution in [3.63, 3.8) is 0 Å². The molecule has 0 radical (unpaired) electrons. The number of phenolic OH excluding ortho intramolecular Hbond substituents is 1. The fraction of sp³-hybridized carbons (Fsp3) is 0.250. The summed E-state index contributed by atoms with van der Waals surface area (Å²) in [5.74, 6) is 0.543. The molecule has 2 N–H and O–H groups in total. The van der Waals surface area contributed by atoms with E-state index in [1.807, 2.05) is 39.0 Å². The number of ketones is 1. The van der Waals surface area contributed by atoms with Gasteiger partial charge in [0.25, 0.3) is 0 Å². The number of rotatable bonds is 2. The van der Waals surface area contributed by atoms with Crippen LogP contribution >= 0.6 is 0 Å². The summed E-state index contributed by atoms with van der Waals surface area (Å²) in [6.07, 6.45) is 1.05. The Balaban J connectivity index is 2.11. The molecule has 0 bridgehead atoms. The number of nitrogens with one attached hydrogen (secondary N) is 1. The minimum absolute atomic E-state index is 0.0955. The van der Waals surface area contributed by atoms with Crippen LogP contribution in [0.4, 0.5) is 0 Å². The highest BCUT2D eigenvalue weighted by atomic mass is 16.5. The molecule has 1 heterocycles. The van der Waals surface area contributed by atoms with E-state index in [9.17, 15) is 9.90 Å². The first kappa shape index (κ1) is 16.1. The van der Waals surface area contributed by atoms with E-state index in [-0.39, 0.29) is 17.1 Å². The molecule has 24 heavy (non-hydrogen) atoms.